The zero-order valence-corrected chi connectivity index (χ0v) is 14.6. The number of hydrogen-bond acceptors (Lipinski definition) is 4. The summed E-state index contributed by atoms with van der Waals surface area (Å²) in [5.74, 6) is 1.64. The summed E-state index contributed by atoms with van der Waals surface area (Å²) < 4.78 is 5.29. The van der Waals surface area contributed by atoms with Crippen LogP contribution >= 0.6 is 0 Å². The highest BCUT2D eigenvalue weighted by atomic mass is 16.5. The van der Waals surface area contributed by atoms with Gasteiger partial charge in [-0.15, -0.1) is 0 Å². The molecule has 2 heterocycles. The predicted molar refractivity (Wildman–Crippen MR) is 95.2 cm³/mol. The van der Waals surface area contributed by atoms with Gasteiger partial charge >= 0.3 is 0 Å². The van der Waals surface area contributed by atoms with Crippen molar-refractivity contribution < 1.29 is 9.32 Å². The van der Waals surface area contributed by atoms with E-state index >= 15 is 0 Å². The van der Waals surface area contributed by atoms with Crippen LogP contribution in [0, 0.1) is 5.92 Å². The molecule has 2 aliphatic rings. The van der Waals surface area contributed by atoms with Crippen LogP contribution in [0.25, 0.3) is 0 Å². The monoisotopic (exact) mass is 339 g/mol. The number of amides is 1. The first-order chi connectivity index (χ1) is 12.2. The lowest BCUT2D eigenvalue weighted by molar-refractivity contribution is 0.0851. The Hall–Kier alpha value is -2.14. The van der Waals surface area contributed by atoms with E-state index in [1.807, 2.05) is 12.1 Å². The van der Waals surface area contributed by atoms with E-state index < -0.39 is 0 Å². The molecule has 5 nitrogen and oxygen atoms in total. The zero-order valence-electron chi connectivity index (χ0n) is 14.6. The molecule has 1 aliphatic heterocycles. The van der Waals surface area contributed by atoms with Crippen molar-refractivity contribution in [3.8, 4) is 0 Å². The summed E-state index contributed by atoms with van der Waals surface area (Å²) >= 11 is 0. The minimum absolute atomic E-state index is 0.107. The Labute approximate surface area is 148 Å². The average Bonchev–Trinajstić information content (AvgIpc) is 3.35. The second kappa shape index (κ2) is 7.00. The van der Waals surface area contributed by atoms with E-state index in [1.54, 1.807) is 0 Å². The first-order valence-electron chi connectivity index (χ1n) is 9.23. The molecule has 1 aromatic heterocycles. The lowest BCUT2D eigenvalue weighted by atomic mass is 9.93. The van der Waals surface area contributed by atoms with Gasteiger partial charge in [0.1, 0.15) is 5.76 Å². The lowest BCUT2D eigenvalue weighted by Crippen LogP contribution is -2.49. The molecule has 5 heteroatoms. The van der Waals surface area contributed by atoms with Crippen molar-refractivity contribution in [2.45, 2.75) is 44.7 Å². The van der Waals surface area contributed by atoms with Crippen LogP contribution in [-0.2, 0) is 6.54 Å². The SMILES string of the molecule is C[C@@H]1CN(Cc2ccccc2)CC[C@@H]1NC(=O)c1cc(C2CC2)on1. The number of aromatic nitrogens is 1. The van der Waals surface area contributed by atoms with Gasteiger partial charge in [-0.1, -0.05) is 42.4 Å². The van der Waals surface area contributed by atoms with E-state index in [4.69, 9.17) is 4.52 Å². The van der Waals surface area contributed by atoms with Crippen LogP contribution in [0.4, 0.5) is 0 Å². The van der Waals surface area contributed by atoms with Crippen molar-refractivity contribution in [2.24, 2.45) is 5.92 Å². The van der Waals surface area contributed by atoms with Gasteiger partial charge in [0.2, 0.25) is 0 Å². The molecule has 25 heavy (non-hydrogen) atoms. The fourth-order valence-corrected chi connectivity index (χ4v) is 3.63. The van der Waals surface area contributed by atoms with Gasteiger partial charge in [-0.25, -0.2) is 0 Å². The number of piperidine rings is 1. The fourth-order valence-electron chi connectivity index (χ4n) is 3.63. The maximum Gasteiger partial charge on any atom is 0.273 e. The van der Waals surface area contributed by atoms with Gasteiger partial charge < -0.3 is 9.84 Å². The summed E-state index contributed by atoms with van der Waals surface area (Å²) in [6, 6.07) is 12.6. The van der Waals surface area contributed by atoms with E-state index in [0.29, 0.717) is 17.5 Å². The second-order valence-corrected chi connectivity index (χ2v) is 7.46. The first kappa shape index (κ1) is 16.3. The van der Waals surface area contributed by atoms with Gasteiger partial charge in [-0.2, -0.15) is 0 Å². The standard InChI is InChI=1S/C20H25N3O2/c1-14-12-23(13-15-5-3-2-4-6-15)10-9-17(14)21-20(24)18-11-19(25-22-18)16-7-8-16/h2-6,11,14,16-17H,7-10,12-13H2,1H3,(H,21,24)/t14-,17+/m1/s1. The molecule has 1 aliphatic carbocycles. The number of carbonyl (C=O) groups excluding carboxylic acids is 1. The molecule has 1 aromatic carbocycles. The minimum Gasteiger partial charge on any atom is -0.360 e. The molecule has 2 aromatic rings. The minimum atomic E-state index is -0.107. The summed E-state index contributed by atoms with van der Waals surface area (Å²) in [7, 11) is 0. The second-order valence-electron chi connectivity index (χ2n) is 7.46. The molecular weight excluding hydrogens is 314 g/mol. The van der Waals surface area contributed by atoms with E-state index in [9.17, 15) is 4.79 Å². The molecule has 0 unspecified atom stereocenters. The van der Waals surface area contributed by atoms with Crippen LogP contribution in [0.5, 0.6) is 0 Å². The molecule has 1 amide bonds. The Morgan fingerprint density at radius 3 is 2.80 bits per heavy atom. The fraction of sp³-hybridized carbons (Fsp3) is 0.500. The van der Waals surface area contributed by atoms with Gasteiger partial charge in [0.15, 0.2) is 5.69 Å². The molecule has 1 N–H and O–H groups in total. The van der Waals surface area contributed by atoms with Gasteiger partial charge in [-0.05, 0) is 30.7 Å². The number of hydrogen-bond donors (Lipinski definition) is 1. The molecule has 2 atom stereocenters. The predicted octanol–water partition coefficient (Wildman–Crippen LogP) is 3.19. The third-order valence-electron chi connectivity index (χ3n) is 5.30. The van der Waals surface area contributed by atoms with Crippen molar-refractivity contribution in [1.29, 1.82) is 0 Å². The lowest BCUT2D eigenvalue weighted by Gasteiger charge is -2.37. The summed E-state index contributed by atoms with van der Waals surface area (Å²) in [6.07, 6.45) is 3.26. The van der Waals surface area contributed by atoms with E-state index in [1.165, 1.54) is 5.56 Å². The molecule has 4 rings (SSSR count). The van der Waals surface area contributed by atoms with Crippen LogP contribution < -0.4 is 5.32 Å². The van der Waals surface area contributed by atoms with Gasteiger partial charge in [-0.3, -0.25) is 9.69 Å². The molecule has 1 saturated heterocycles. The molecule has 0 bridgehead atoms. The maximum atomic E-state index is 12.4. The van der Waals surface area contributed by atoms with Crippen LogP contribution in [0.2, 0.25) is 0 Å². The van der Waals surface area contributed by atoms with Gasteiger partial charge in [0, 0.05) is 37.7 Å². The summed E-state index contributed by atoms with van der Waals surface area (Å²) in [6.45, 7) is 5.17. The Kier molecular flexibility index (Phi) is 4.57. The summed E-state index contributed by atoms with van der Waals surface area (Å²) in [5, 5.41) is 7.10. The van der Waals surface area contributed by atoms with Crippen LogP contribution in [0.1, 0.15) is 53.9 Å². The largest absolute Gasteiger partial charge is 0.360 e. The Bertz CT molecular complexity index is 724. The van der Waals surface area contributed by atoms with E-state index in [-0.39, 0.29) is 11.9 Å². The third-order valence-corrected chi connectivity index (χ3v) is 5.30. The number of rotatable bonds is 5. The third kappa shape index (κ3) is 3.93. The molecule has 0 spiro atoms. The highest BCUT2D eigenvalue weighted by Gasteiger charge is 2.31. The van der Waals surface area contributed by atoms with Crippen molar-refractivity contribution in [3.05, 3.63) is 53.4 Å². The smallest absolute Gasteiger partial charge is 0.273 e. The molecule has 132 valence electrons. The van der Waals surface area contributed by atoms with Crippen molar-refractivity contribution in [2.75, 3.05) is 13.1 Å². The highest BCUT2D eigenvalue weighted by molar-refractivity contribution is 5.92. The first-order valence-corrected chi connectivity index (χ1v) is 9.23. The Balaban J connectivity index is 1.30. The number of carbonyl (C=O) groups is 1. The number of benzene rings is 1. The van der Waals surface area contributed by atoms with Crippen molar-refractivity contribution in [1.82, 2.24) is 15.4 Å². The topological polar surface area (TPSA) is 58.4 Å². The molecule has 0 radical (unpaired) electrons. The van der Waals surface area contributed by atoms with Crippen molar-refractivity contribution in [3.63, 3.8) is 0 Å². The number of likely N-dealkylation sites (tertiary alicyclic amines) is 1. The summed E-state index contributed by atoms with van der Waals surface area (Å²) in [4.78, 5) is 14.9. The Morgan fingerprint density at radius 1 is 1.28 bits per heavy atom. The summed E-state index contributed by atoms with van der Waals surface area (Å²) in [5.41, 5.74) is 1.76. The quantitative estimate of drug-likeness (QED) is 0.909. The van der Waals surface area contributed by atoms with Crippen LogP contribution in [0.3, 0.4) is 0 Å². The van der Waals surface area contributed by atoms with E-state index in [0.717, 1.165) is 44.7 Å². The van der Waals surface area contributed by atoms with Gasteiger partial charge in [0.05, 0.1) is 0 Å². The number of nitrogens with zero attached hydrogens (tertiary/aromatic N) is 2. The number of nitrogens with one attached hydrogen (secondary N) is 1. The zero-order chi connectivity index (χ0) is 17.2. The molecular formula is C20H25N3O2. The van der Waals surface area contributed by atoms with Gasteiger partial charge in [0.25, 0.3) is 5.91 Å². The van der Waals surface area contributed by atoms with Crippen LogP contribution in [0.15, 0.2) is 40.9 Å². The Morgan fingerprint density at radius 2 is 2.08 bits per heavy atom. The maximum absolute atomic E-state index is 12.4. The molecule has 1 saturated carbocycles. The highest BCUT2D eigenvalue weighted by Crippen LogP contribution is 2.40. The normalized spacial score (nSPS) is 24.2. The average molecular weight is 339 g/mol. The molecule has 2 fully saturated rings. The van der Waals surface area contributed by atoms with E-state index in [2.05, 4.69) is 46.6 Å². The van der Waals surface area contributed by atoms with Crippen molar-refractivity contribution >= 4 is 5.91 Å². The van der Waals surface area contributed by atoms with Crippen LogP contribution in [-0.4, -0.2) is 35.1 Å².